The monoisotopic (exact) mass is 300 g/mol. The third kappa shape index (κ3) is 423. The van der Waals surface area contributed by atoms with Crippen molar-refractivity contribution < 1.29 is 49.3 Å². The van der Waals surface area contributed by atoms with Crippen LogP contribution in [0.2, 0.25) is 0 Å². The molecule has 0 amide bonds. The largest absolute Gasteiger partial charge is 0.412 e. The van der Waals surface area contributed by atoms with Crippen LogP contribution in [0.25, 0.3) is 0 Å². The van der Waals surface area contributed by atoms with Crippen LogP contribution in [0.5, 0.6) is 0 Å². The van der Waals surface area contributed by atoms with Gasteiger partial charge in [0.2, 0.25) is 0 Å². The summed E-state index contributed by atoms with van der Waals surface area (Å²) in [6.45, 7) is 0. The molecule has 74 valence electrons. The van der Waals surface area contributed by atoms with E-state index in [1.54, 1.807) is 0 Å². The molecule has 0 bridgehead atoms. The van der Waals surface area contributed by atoms with Gasteiger partial charge in [0.1, 0.15) is 0 Å². The summed E-state index contributed by atoms with van der Waals surface area (Å²) in [4.78, 5) is 0. The van der Waals surface area contributed by atoms with Gasteiger partial charge in [-0.15, -0.1) is 0 Å². The van der Waals surface area contributed by atoms with Gasteiger partial charge in [-0.05, 0) is 0 Å². The average Bonchev–Trinajstić information content (AvgIpc) is 0. The second kappa shape index (κ2) is 590. The molecule has 0 saturated carbocycles. The van der Waals surface area contributed by atoms with E-state index in [0.717, 1.165) is 0 Å². The zero-order valence-electron chi connectivity index (χ0n) is 5.21. The van der Waals surface area contributed by atoms with E-state index in [4.69, 9.17) is 0 Å². The maximum Gasteiger partial charge on any atom is 0 e. The Bertz CT molecular complexity index is 4.69. The van der Waals surface area contributed by atoms with Crippen LogP contribution in [-0.4, -0.2) is 98.2 Å². The van der Waals surface area contributed by atoms with Gasteiger partial charge in [0, 0.05) is 48.9 Å². The minimum Gasteiger partial charge on any atom is -0.412 e. The predicted molar refractivity (Wildman–Crippen MR) is 38.3 cm³/mol. The van der Waals surface area contributed by atoms with Gasteiger partial charge in [0.15, 0.2) is 0 Å². The third-order valence-electron chi connectivity index (χ3n) is 0. The first-order valence-electron chi connectivity index (χ1n) is 0. The molecule has 0 aromatic heterocycles. The predicted octanol–water partition coefficient (Wildman–Crippen LogP) is -7.80. The van der Waals surface area contributed by atoms with Crippen LogP contribution in [0.1, 0.15) is 0 Å². The SMILES string of the molecule is O.O.O.O.O.O.O.O.O.[Ba]. The van der Waals surface area contributed by atoms with Crippen LogP contribution in [0.15, 0.2) is 0 Å². The smallest absolute Gasteiger partial charge is 0 e. The Balaban J connectivity index is 0. The van der Waals surface area contributed by atoms with Gasteiger partial charge < -0.3 is 49.3 Å². The van der Waals surface area contributed by atoms with Crippen molar-refractivity contribution in [3.8, 4) is 0 Å². The van der Waals surface area contributed by atoms with Gasteiger partial charge in [0.25, 0.3) is 0 Å². The Kier molecular flexibility index (Phi) is 47000. The summed E-state index contributed by atoms with van der Waals surface area (Å²) in [5.41, 5.74) is 0. The molecule has 0 atom stereocenters. The number of rotatable bonds is 0. The summed E-state index contributed by atoms with van der Waals surface area (Å²) in [7, 11) is 0. The molecule has 9 nitrogen and oxygen atoms in total. The second-order valence-electron chi connectivity index (χ2n) is 0. The quantitative estimate of drug-likeness (QED) is 0.376. The van der Waals surface area contributed by atoms with Crippen LogP contribution >= 0.6 is 0 Å². The first-order valence-corrected chi connectivity index (χ1v) is 0. The van der Waals surface area contributed by atoms with Gasteiger partial charge in [-0.1, -0.05) is 0 Å². The molecular weight excluding hydrogens is 281 g/mol. The van der Waals surface area contributed by atoms with E-state index in [1.165, 1.54) is 0 Å². The number of hydrogen-bond donors (Lipinski definition) is 0. The molecule has 0 unspecified atom stereocenters. The van der Waals surface area contributed by atoms with Gasteiger partial charge >= 0.3 is 0 Å². The summed E-state index contributed by atoms with van der Waals surface area (Å²) in [5, 5.41) is 0. The Hall–Kier alpha value is 1.21. The molecule has 0 aliphatic rings. The zero-order valence-corrected chi connectivity index (χ0v) is 9.65. The molecule has 18 N–H and O–H groups in total. The molecular formula is H18BaO9. The van der Waals surface area contributed by atoms with E-state index in [1.807, 2.05) is 0 Å². The minimum atomic E-state index is 0. The van der Waals surface area contributed by atoms with Gasteiger partial charge in [0.05, 0.1) is 0 Å². The summed E-state index contributed by atoms with van der Waals surface area (Å²) >= 11 is 0. The fourth-order valence-corrected chi connectivity index (χ4v) is 0. The number of hydrogen-bond acceptors (Lipinski definition) is 0. The molecule has 10 heteroatoms. The van der Waals surface area contributed by atoms with Crippen molar-refractivity contribution in [2.24, 2.45) is 0 Å². The Morgan fingerprint density at radius 2 is 0.200 bits per heavy atom. The van der Waals surface area contributed by atoms with Crippen LogP contribution in [0.3, 0.4) is 0 Å². The van der Waals surface area contributed by atoms with Crippen LogP contribution in [-0.2, 0) is 0 Å². The van der Waals surface area contributed by atoms with Crippen molar-refractivity contribution in [2.75, 3.05) is 0 Å². The van der Waals surface area contributed by atoms with E-state index in [-0.39, 0.29) is 98.2 Å². The first-order chi connectivity index (χ1) is 0. The van der Waals surface area contributed by atoms with E-state index in [9.17, 15) is 0 Å². The molecule has 0 heterocycles. The van der Waals surface area contributed by atoms with Crippen molar-refractivity contribution in [3.05, 3.63) is 0 Å². The Morgan fingerprint density at radius 3 is 0.200 bits per heavy atom. The maximum atomic E-state index is 0. The fourth-order valence-electron chi connectivity index (χ4n) is 0. The fraction of sp³-hybridized carbons (Fsp3) is 0. The molecule has 10 heavy (non-hydrogen) atoms. The van der Waals surface area contributed by atoms with E-state index in [2.05, 4.69) is 0 Å². The van der Waals surface area contributed by atoms with Crippen LogP contribution in [0.4, 0.5) is 0 Å². The molecule has 0 rings (SSSR count). The molecule has 0 fully saturated rings. The molecule has 0 spiro atoms. The summed E-state index contributed by atoms with van der Waals surface area (Å²) in [6, 6.07) is 0. The Labute approximate surface area is 97.3 Å². The van der Waals surface area contributed by atoms with Crippen LogP contribution < -0.4 is 0 Å². The van der Waals surface area contributed by atoms with Gasteiger partial charge in [-0.2, -0.15) is 0 Å². The average molecular weight is 299 g/mol. The van der Waals surface area contributed by atoms with Crippen molar-refractivity contribution >= 4 is 48.9 Å². The summed E-state index contributed by atoms with van der Waals surface area (Å²) in [5.74, 6) is 0. The summed E-state index contributed by atoms with van der Waals surface area (Å²) < 4.78 is 0. The maximum absolute atomic E-state index is 0. The van der Waals surface area contributed by atoms with E-state index in [0.29, 0.717) is 0 Å². The minimum absolute atomic E-state index is 0. The zero-order chi connectivity index (χ0) is 0. The molecule has 2 radical (unpaired) electrons. The molecule has 0 aromatic rings. The van der Waals surface area contributed by atoms with Gasteiger partial charge in [-0.3, -0.25) is 0 Å². The van der Waals surface area contributed by atoms with Crippen molar-refractivity contribution in [2.45, 2.75) is 0 Å². The molecule has 0 aliphatic heterocycles. The Morgan fingerprint density at radius 1 is 0.200 bits per heavy atom. The standard InChI is InChI=1S/Ba.9H2O/h;9*1H2. The van der Waals surface area contributed by atoms with Gasteiger partial charge in [-0.25, -0.2) is 0 Å². The van der Waals surface area contributed by atoms with Crippen molar-refractivity contribution in [1.82, 2.24) is 0 Å². The normalized spacial score (nSPS) is 0. The third-order valence-corrected chi connectivity index (χ3v) is 0. The van der Waals surface area contributed by atoms with E-state index >= 15 is 0 Å². The van der Waals surface area contributed by atoms with Crippen molar-refractivity contribution in [3.63, 3.8) is 0 Å². The first kappa shape index (κ1) is 797. The van der Waals surface area contributed by atoms with E-state index < -0.39 is 0 Å². The second-order valence-corrected chi connectivity index (χ2v) is 0. The van der Waals surface area contributed by atoms with Crippen molar-refractivity contribution in [1.29, 1.82) is 0 Å². The molecule has 0 saturated heterocycles. The topological polar surface area (TPSA) is 284 Å². The molecule has 0 aliphatic carbocycles. The molecule has 0 aromatic carbocycles. The summed E-state index contributed by atoms with van der Waals surface area (Å²) in [6.07, 6.45) is 0. The van der Waals surface area contributed by atoms with Crippen LogP contribution in [0, 0.1) is 0 Å².